The SMILES string of the molecule is CCOc1cccc(OC(C)(C)CC#N)c1. The molecule has 0 spiro atoms. The van der Waals surface area contributed by atoms with Crippen molar-refractivity contribution in [3.05, 3.63) is 24.3 Å². The van der Waals surface area contributed by atoms with E-state index in [0.29, 0.717) is 13.0 Å². The lowest BCUT2D eigenvalue weighted by molar-refractivity contribution is 0.114. The summed E-state index contributed by atoms with van der Waals surface area (Å²) < 4.78 is 11.1. The fraction of sp³-hybridized carbons (Fsp3) is 0.462. The minimum atomic E-state index is -0.473. The first kappa shape index (κ1) is 12.4. The van der Waals surface area contributed by atoms with Crippen LogP contribution in [0, 0.1) is 11.3 Å². The second kappa shape index (κ2) is 5.41. The summed E-state index contributed by atoms with van der Waals surface area (Å²) in [5.74, 6) is 1.51. The smallest absolute Gasteiger partial charge is 0.123 e. The van der Waals surface area contributed by atoms with E-state index in [4.69, 9.17) is 14.7 Å². The highest BCUT2D eigenvalue weighted by atomic mass is 16.5. The highest BCUT2D eigenvalue weighted by molar-refractivity contribution is 5.33. The molecule has 0 fully saturated rings. The topological polar surface area (TPSA) is 42.2 Å². The van der Waals surface area contributed by atoms with Crippen LogP contribution >= 0.6 is 0 Å². The van der Waals surface area contributed by atoms with Crippen molar-refractivity contribution in [3.63, 3.8) is 0 Å². The van der Waals surface area contributed by atoms with Gasteiger partial charge < -0.3 is 9.47 Å². The van der Waals surface area contributed by atoms with E-state index in [9.17, 15) is 0 Å². The van der Waals surface area contributed by atoms with Crippen molar-refractivity contribution in [2.24, 2.45) is 0 Å². The minimum Gasteiger partial charge on any atom is -0.494 e. The van der Waals surface area contributed by atoms with E-state index in [1.165, 1.54) is 0 Å². The average Bonchev–Trinajstić information content (AvgIpc) is 2.17. The zero-order valence-electron chi connectivity index (χ0n) is 9.99. The fourth-order valence-corrected chi connectivity index (χ4v) is 1.34. The molecule has 0 unspecified atom stereocenters. The van der Waals surface area contributed by atoms with Gasteiger partial charge in [0.1, 0.15) is 17.1 Å². The third-order valence-electron chi connectivity index (χ3n) is 2.02. The normalized spacial score (nSPS) is 10.6. The number of benzene rings is 1. The van der Waals surface area contributed by atoms with Gasteiger partial charge in [0.05, 0.1) is 19.1 Å². The molecule has 0 saturated carbocycles. The predicted molar refractivity (Wildman–Crippen MR) is 62.5 cm³/mol. The second-order valence-corrected chi connectivity index (χ2v) is 4.10. The zero-order valence-corrected chi connectivity index (χ0v) is 9.99. The molecule has 0 saturated heterocycles. The Labute approximate surface area is 96.6 Å². The Bertz CT molecular complexity index is 380. The van der Waals surface area contributed by atoms with Gasteiger partial charge in [-0.3, -0.25) is 0 Å². The van der Waals surface area contributed by atoms with Crippen molar-refractivity contribution >= 4 is 0 Å². The van der Waals surface area contributed by atoms with Gasteiger partial charge in [0.25, 0.3) is 0 Å². The van der Waals surface area contributed by atoms with Crippen molar-refractivity contribution in [1.82, 2.24) is 0 Å². The summed E-state index contributed by atoms with van der Waals surface area (Å²) in [5, 5.41) is 8.66. The van der Waals surface area contributed by atoms with Gasteiger partial charge in [0.15, 0.2) is 0 Å². The summed E-state index contributed by atoms with van der Waals surface area (Å²) in [6.07, 6.45) is 0.353. The van der Waals surface area contributed by atoms with Gasteiger partial charge in [-0.2, -0.15) is 5.26 Å². The molecule has 16 heavy (non-hydrogen) atoms. The van der Waals surface area contributed by atoms with Crippen molar-refractivity contribution in [2.75, 3.05) is 6.61 Å². The third kappa shape index (κ3) is 3.82. The van der Waals surface area contributed by atoms with Crippen LogP contribution in [-0.2, 0) is 0 Å². The lowest BCUT2D eigenvalue weighted by Gasteiger charge is -2.23. The molecule has 0 heterocycles. The van der Waals surface area contributed by atoms with Crippen LogP contribution in [0.4, 0.5) is 0 Å². The highest BCUT2D eigenvalue weighted by Crippen LogP contribution is 2.24. The van der Waals surface area contributed by atoms with Crippen LogP contribution in [0.15, 0.2) is 24.3 Å². The second-order valence-electron chi connectivity index (χ2n) is 4.10. The number of rotatable bonds is 5. The standard InChI is InChI=1S/C13H17NO2/c1-4-15-11-6-5-7-12(10-11)16-13(2,3)8-9-14/h5-7,10H,4,8H2,1-3H3. The van der Waals surface area contributed by atoms with Crippen molar-refractivity contribution < 1.29 is 9.47 Å². The average molecular weight is 219 g/mol. The van der Waals surface area contributed by atoms with Crippen molar-refractivity contribution in [1.29, 1.82) is 5.26 Å². The summed E-state index contributed by atoms with van der Waals surface area (Å²) >= 11 is 0. The van der Waals surface area contributed by atoms with Crippen LogP contribution in [0.3, 0.4) is 0 Å². The quantitative estimate of drug-likeness (QED) is 0.764. The van der Waals surface area contributed by atoms with Gasteiger partial charge >= 0.3 is 0 Å². The largest absolute Gasteiger partial charge is 0.494 e. The number of nitrogens with zero attached hydrogens (tertiary/aromatic N) is 1. The molecule has 0 aliphatic carbocycles. The lowest BCUT2D eigenvalue weighted by atomic mass is 10.1. The fourth-order valence-electron chi connectivity index (χ4n) is 1.34. The van der Waals surface area contributed by atoms with Crippen LogP contribution in [-0.4, -0.2) is 12.2 Å². The van der Waals surface area contributed by atoms with Crippen LogP contribution in [0.25, 0.3) is 0 Å². The van der Waals surface area contributed by atoms with Gasteiger partial charge in [-0.1, -0.05) is 6.07 Å². The number of nitriles is 1. The number of hydrogen-bond acceptors (Lipinski definition) is 3. The molecule has 0 radical (unpaired) electrons. The molecule has 3 heteroatoms. The molecule has 3 nitrogen and oxygen atoms in total. The first-order chi connectivity index (χ1) is 7.57. The molecule has 0 aliphatic heterocycles. The number of hydrogen-bond donors (Lipinski definition) is 0. The molecule has 1 aromatic carbocycles. The molecule has 86 valence electrons. The van der Waals surface area contributed by atoms with E-state index < -0.39 is 5.60 Å². The van der Waals surface area contributed by atoms with Crippen molar-refractivity contribution in [2.45, 2.75) is 32.8 Å². The molecule has 1 aromatic rings. The van der Waals surface area contributed by atoms with E-state index >= 15 is 0 Å². The van der Waals surface area contributed by atoms with Crippen LogP contribution in [0.1, 0.15) is 27.2 Å². The Balaban J connectivity index is 2.74. The molecular weight excluding hydrogens is 202 g/mol. The lowest BCUT2D eigenvalue weighted by Crippen LogP contribution is -2.27. The summed E-state index contributed by atoms with van der Waals surface area (Å²) in [6.45, 7) is 6.35. The first-order valence-electron chi connectivity index (χ1n) is 5.36. The minimum absolute atomic E-state index is 0.353. The Kier molecular flexibility index (Phi) is 4.19. The molecule has 1 rings (SSSR count). The van der Waals surface area contributed by atoms with Crippen molar-refractivity contribution in [3.8, 4) is 17.6 Å². The molecule has 0 atom stereocenters. The van der Waals surface area contributed by atoms with Gasteiger partial charge in [0, 0.05) is 6.07 Å². The molecule has 0 amide bonds. The summed E-state index contributed by atoms with van der Waals surface area (Å²) in [6, 6.07) is 9.57. The van der Waals surface area contributed by atoms with Gasteiger partial charge in [-0.15, -0.1) is 0 Å². The Morgan fingerprint density at radius 2 is 2.00 bits per heavy atom. The van der Waals surface area contributed by atoms with E-state index in [-0.39, 0.29) is 0 Å². The van der Waals surface area contributed by atoms with Crippen LogP contribution in [0.5, 0.6) is 11.5 Å². The van der Waals surface area contributed by atoms with Crippen LogP contribution < -0.4 is 9.47 Å². The van der Waals surface area contributed by atoms with Gasteiger partial charge in [-0.25, -0.2) is 0 Å². The highest BCUT2D eigenvalue weighted by Gasteiger charge is 2.19. The number of ether oxygens (including phenoxy) is 2. The molecular formula is C13H17NO2. The summed E-state index contributed by atoms with van der Waals surface area (Å²) in [5.41, 5.74) is -0.473. The maximum absolute atomic E-state index is 8.66. The predicted octanol–water partition coefficient (Wildman–Crippen LogP) is 3.16. The Hall–Kier alpha value is -1.69. The monoisotopic (exact) mass is 219 g/mol. The Morgan fingerprint density at radius 3 is 2.62 bits per heavy atom. The third-order valence-corrected chi connectivity index (χ3v) is 2.02. The maximum Gasteiger partial charge on any atom is 0.123 e. The Morgan fingerprint density at radius 1 is 1.31 bits per heavy atom. The van der Waals surface area contributed by atoms with E-state index in [1.807, 2.05) is 45.0 Å². The maximum atomic E-state index is 8.66. The summed E-state index contributed by atoms with van der Waals surface area (Å²) in [7, 11) is 0. The first-order valence-corrected chi connectivity index (χ1v) is 5.36. The van der Waals surface area contributed by atoms with Crippen LogP contribution in [0.2, 0.25) is 0 Å². The molecule has 0 bridgehead atoms. The van der Waals surface area contributed by atoms with Gasteiger partial charge in [0.2, 0.25) is 0 Å². The van der Waals surface area contributed by atoms with E-state index in [2.05, 4.69) is 6.07 Å². The van der Waals surface area contributed by atoms with E-state index in [0.717, 1.165) is 11.5 Å². The molecule has 0 N–H and O–H groups in total. The van der Waals surface area contributed by atoms with Gasteiger partial charge in [-0.05, 0) is 32.9 Å². The molecule has 0 aromatic heterocycles. The van der Waals surface area contributed by atoms with E-state index in [1.54, 1.807) is 0 Å². The zero-order chi connectivity index (χ0) is 12.0. The molecule has 0 aliphatic rings. The summed E-state index contributed by atoms with van der Waals surface area (Å²) in [4.78, 5) is 0.